The summed E-state index contributed by atoms with van der Waals surface area (Å²) in [5, 5.41) is 1.16. The Morgan fingerprint density at radius 2 is 2.00 bits per heavy atom. The zero-order chi connectivity index (χ0) is 13.8. The maximum atomic E-state index is 6.03. The molecule has 0 aliphatic carbocycles. The molecule has 102 valence electrons. The molecular weight excluding hydrogens is 283 g/mol. The van der Waals surface area contributed by atoms with Crippen LogP contribution >= 0.6 is 23.2 Å². The normalized spacial score (nSPS) is 12.6. The zero-order valence-corrected chi connectivity index (χ0v) is 12.1. The highest BCUT2D eigenvalue weighted by atomic mass is 35.5. The van der Waals surface area contributed by atoms with Crippen LogP contribution in [0, 0.1) is 0 Å². The lowest BCUT2D eigenvalue weighted by Crippen LogP contribution is -2.31. The molecule has 0 radical (unpaired) electrons. The van der Waals surface area contributed by atoms with Gasteiger partial charge in [-0.05, 0) is 30.2 Å². The highest BCUT2D eigenvalue weighted by Gasteiger charge is 2.18. The fourth-order valence-corrected chi connectivity index (χ4v) is 2.62. The van der Waals surface area contributed by atoms with Crippen LogP contribution in [0.2, 0.25) is 10.0 Å². The summed E-state index contributed by atoms with van der Waals surface area (Å²) in [7, 11) is 0. The Bertz CT molecular complexity index is 533. The van der Waals surface area contributed by atoms with Crippen LogP contribution in [0.25, 0.3) is 0 Å². The number of aromatic nitrogens is 2. The van der Waals surface area contributed by atoms with E-state index in [0.29, 0.717) is 10.0 Å². The van der Waals surface area contributed by atoms with E-state index in [4.69, 9.17) is 29.0 Å². The summed E-state index contributed by atoms with van der Waals surface area (Å²) in [6, 6.07) is 5.13. The minimum Gasteiger partial charge on any atom is -0.333 e. The van der Waals surface area contributed by atoms with Crippen molar-refractivity contribution in [2.24, 2.45) is 5.84 Å². The number of aryl methyl sites for hydroxylation is 1. The van der Waals surface area contributed by atoms with Crippen molar-refractivity contribution in [3.8, 4) is 0 Å². The molecule has 0 fully saturated rings. The average molecular weight is 299 g/mol. The van der Waals surface area contributed by atoms with Crippen LogP contribution in [0.1, 0.15) is 30.8 Å². The van der Waals surface area contributed by atoms with Crippen LogP contribution in [0.5, 0.6) is 0 Å². The number of hydrogen-bond acceptors (Lipinski definition) is 3. The summed E-state index contributed by atoms with van der Waals surface area (Å²) < 4.78 is 2.07. The van der Waals surface area contributed by atoms with Crippen molar-refractivity contribution in [2.45, 2.75) is 25.9 Å². The molecule has 2 aromatic rings. The number of nitrogens with one attached hydrogen (secondary N) is 1. The minimum atomic E-state index is -0.238. The second kappa shape index (κ2) is 6.39. The van der Waals surface area contributed by atoms with Crippen molar-refractivity contribution in [1.82, 2.24) is 15.0 Å². The van der Waals surface area contributed by atoms with E-state index in [1.807, 2.05) is 18.3 Å². The second-order valence-electron chi connectivity index (χ2n) is 4.28. The number of halogens is 2. The maximum absolute atomic E-state index is 6.03. The van der Waals surface area contributed by atoms with Gasteiger partial charge in [-0.15, -0.1) is 0 Å². The van der Waals surface area contributed by atoms with E-state index >= 15 is 0 Å². The summed E-state index contributed by atoms with van der Waals surface area (Å²) in [5.74, 6) is 6.52. The van der Waals surface area contributed by atoms with Crippen molar-refractivity contribution in [2.75, 3.05) is 0 Å². The molecule has 2 rings (SSSR count). The van der Waals surface area contributed by atoms with E-state index in [1.165, 1.54) is 0 Å². The number of nitrogens with zero attached hydrogens (tertiary/aromatic N) is 2. The topological polar surface area (TPSA) is 55.9 Å². The third-order valence-electron chi connectivity index (χ3n) is 2.86. The summed E-state index contributed by atoms with van der Waals surface area (Å²) in [6.07, 6.45) is 4.73. The van der Waals surface area contributed by atoms with Crippen LogP contribution in [0.15, 0.2) is 30.6 Å². The van der Waals surface area contributed by atoms with Crippen molar-refractivity contribution in [3.63, 3.8) is 0 Å². The number of hydrazine groups is 1. The molecule has 0 saturated heterocycles. The van der Waals surface area contributed by atoms with Crippen molar-refractivity contribution < 1.29 is 0 Å². The molecule has 1 aromatic heterocycles. The second-order valence-corrected chi connectivity index (χ2v) is 5.15. The summed E-state index contributed by atoms with van der Waals surface area (Å²) in [5.41, 5.74) is 3.67. The quantitative estimate of drug-likeness (QED) is 0.658. The highest BCUT2D eigenvalue weighted by molar-refractivity contribution is 6.34. The van der Waals surface area contributed by atoms with E-state index in [-0.39, 0.29) is 6.04 Å². The predicted octanol–water partition coefficient (Wildman–Crippen LogP) is 3.15. The van der Waals surface area contributed by atoms with Gasteiger partial charge in [0.05, 0.1) is 0 Å². The van der Waals surface area contributed by atoms with E-state index < -0.39 is 0 Å². The Kier molecular flexibility index (Phi) is 4.82. The van der Waals surface area contributed by atoms with Gasteiger partial charge in [-0.3, -0.25) is 5.84 Å². The third kappa shape index (κ3) is 3.28. The van der Waals surface area contributed by atoms with Gasteiger partial charge >= 0.3 is 0 Å². The van der Waals surface area contributed by atoms with E-state index in [2.05, 4.69) is 21.9 Å². The molecule has 1 atom stereocenters. The first-order valence-electron chi connectivity index (χ1n) is 6.08. The van der Waals surface area contributed by atoms with Crippen LogP contribution in [-0.2, 0) is 6.54 Å². The Balaban J connectivity index is 2.40. The molecule has 1 unspecified atom stereocenters. The van der Waals surface area contributed by atoms with E-state index in [9.17, 15) is 0 Å². The molecule has 6 heteroatoms. The van der Waals surface area contributed by atoms with E-state index in [1.54, 1.807) is 12.3 Å². The van der Waals surface area contributed by atoms with Crippen LogP contribution in [0.4, 0.5) is 0 Å². The van der Waals surface area contributed by atoms with Crippen molar-refractivity contribution in [3.05, 3.63) is 52.0 Å². The molecule has 0 aliphatic heterocycles. The Hall–Kier alpha value is -1.07. The molecule has 1 aromatic carbocycles. The van der Waals surface area contributed by atoms with Crippen molar-refractivity contribution >= 4 is 23.2 Å². The van der Waals surface area contributed by atoms with Gasteiger partial charge in [0.1, 0.15) is 11.9 Å². The van der Waals surface area contributed by atoms with Crippen LogP contribution in [0.3, 0.4) is 0 Å². The van der Waals surface area contributed by atoms with Gasteiger partial charge in [0, 0.05) is 29.0 Å². The minimum absolute atomic E-state index is 0.238. The Labute approximate surface area is 122 Å². The number of imidazole rings is 1. The Morgan fingerprint density at radius 3 is 2.58 bits per heavy atom. The van der Waals surface area contributed by atoms with Gasteiger partial charge in [-0.2, -0.15) is 0 Å². The highest BCUT2D eigenvalue weighted by Crippen LogP contribution is 2.26. The molecule has 0 saturated carbocycles. The number of hydrogen-bond donors (Lipinski definition) is 2. The lowest BCUT2D eigenvalue weighted by atomic mass is 10.1. The fraction of sp³-hybridized carbons (Fsp3) is 0.308. The standard InChI is InChI=1S/C13H16Cl2N4/c1-2-4-19-5-3-17-13(19)12(18-16)9-6-10(14)8-11(15)7-9/h3,5-8,12,18H,2,4,16H2,1H3. The monoisotopic (exact) mass is 298 g/mol. The molecular formula is C13H16Cl2N4. The molecule has 4 nitrogen and oxygen atoms in total. The van der Waals surface area contributed by atoms with Crippen LogP contribution in [-0.4, -0.2) is 9.55 Å². The van der Waals surface area contributed by atoms with Gasteiger partial charge in [0.2, 0.25) is 0 Å². The number of benzene rings is 1. The lowest BCUT2D eigenvalue weighted by molar-refractivity contribution is 0.545. The number of nitrogens with two attached hydrogens (primary N) is 1. The SMILES string of the molecule is CCCn1ccnc1C(NN)c1cc(Cl)cc(Cl)c1. The summed E-state index contributed by atoms with van der Waals surface area (Å²) in [4.78, 5) is 4.38. The fourth-order valence-electron chi connectivity index (χ4n) is 2.07. The largest absolute Gasteiger partial charge is 0.333 e. The van der Waals surface area contributed by atoms with Gasteiger partial charge in [0.15, 0.2) is 0 Å². The van der Waals surface area contributed by atoms with E-state index in [0.717, 1.165) is 24.4 Å². The molecule has 3 N–H and O–H groups in total. The first-order chi connectivity index (χ1) is 9.15. The molecule has 0 bridgehead atoms. The lowest BCUT2D eigenvalue weighted by Gasteiger charge is -2.18. The zero-order valence-electron chi connectivity index (χ0n) is 10.6. The molecule has 0 amide bonds. The van der Waals surface area contributed by atoms with Crippen molar-refractivity contribution in [1.29, 1.82) is 0 Å². The molecule has 1 heterocycles. The molecule has 0 spiro atoms. The van der Waals surface area contributed by atoms with Gasteiger partial charge in [0.25, 0.3) is 0 Å². The summed E-state index contributed by atoms with van der Waals surface area (Å²) in [6.45, 7) is 3.01. The first kappa shape index (κ1) is 14.3. The molecule has 19 heavy (non-hydrogen) atoms. The van der Waals surface area contributed by atoms with Gasteiger partial charge in [-0.25, -0.2) is 10.4 Å². The first-order valence-corrected chi connectivity index (χ1v) is 6.84. The summed E-state index contributed by atoms with van der Waals surface area (Å²) >= 11 is 12.1. The smallest absolute Gasteiger partial charge is 0.131 e. The van der Waals surface area contributed by atoms with Gasteiger partial charge < -0.3 is 4.57 Å². The third-order valence-corrected chi connectivity index (χ3v) is 3.29. The van der Waals surface area contributed by atoms with Gasteiger partial charge in [-0.1, -0.05) is 30.1 Å². The predicted molar refractivity (Wildman–Crippen MR) is 78.1 cm³/mol. The molecule has 0 aliphatic rings. The number of rotatable bonds is 5. The maximum Gasteiger partial charge on any atom is 0.131 e. The Morgan fingerprint density at radius 1 is 1.32 bits per heavy atom. The average Bonchev–Trinajstić information content (AvgIpc) is 2.78. The van der Waals surface area contributed by atoms with Crippen LogP contribution < -0.4 is 11.3 Å².